The van der Waals surface area contributed by atoms with Gasteiger partial charge in [-0.05, 0) is 52.1 Å². The Labute approximate surface area is 183 Å². The van der Waals surface area contributed by atoms with E-state index in [1.54, 1.807) is 23.1 Å². The molecule has 0 atom stereocenters. The zero-order valence-corrected chi connectivity index (χ0v) is 18.7. The van der Waals surface area contributed by atoms with Crippen LogP contribution in [0.3, 0.4) is 0 Å². The summed E-state index contributed by atoms with van der Waals surface area (Å²) in [6.07, 6.45) is 0. The quantitative estimate of drug-likeness (QED) is 0.717. The van der Waals surface area contributed by atoms with Crippen molar-refractivity contribution in [1.29, 1.82) is 0 Å². The van der Waals surface area contributed by atoms with Crippen LogP contribution in [0, 0.1) is 0 Å². The van der Waals surface area contributed by atoms with Crippen molar-refractivity contribution in [1.82, 2.24) is 20.3 Å². The highest BCUT2D eigenvalue weighted by molar-refractivity contribution is 6.01. The summed E-state index contributed by atoms with van der Waals surface area (Å²) < 4.78 is 0. The first-order chi connectivity index (χ1) is 14.7. The van der Waals surface area contributed by atoms with E-state index in [4.69, 9.17) is 4.84 Å². The molecule has 2 aromatic rings. The van der Waals surface area contributed by atoms with E-state index < -0.39 is 11.5 Å². The lowest BCUT2D eigenvalue weighted by molar-refractivity contribution is -0.119. The highest BCUT2D eigenvalue weighted by Crippen LogP contribution is 2.24. The van der Waals surface area contributed by atoms with Crippen molar-refractivity contribution >= 4 is 23.3 Å². The number of carbonyl (C=O) groups excluding carboxylic acids is 2. The van der Waals surface area contributed by atoms with Crippen LogP contribution in [0.15, 0.2) is 48.5 Å². The highest BCUT2D eigenvalue weighted by Gasteiger charge is 2.24. The van der Waals surface area contributed by atoms with Crippen LogP contribution < -0.4 is 10.4 Å². The molecule has 0 radical (unpaired) electrons. The minimum Gasteiger partial charge on any atom is -0.304 e. The summed E-state index contributed by atoms with van der Waals surface area (Å²) >= 11 is 0. The summed E-state index contributed by atoms with van der Waals surface area (Å²) in [5, 5.41) is 0. The van der Waals surface area contributed by atoms with Crippen LogP contribution in [0.1, 0.15) is 31.3 Å². The molecule has 0 bridgehead atoms. The molecule has 8 heteroatoms. The number of amides is 2. The minimum atomic E-state index is -0.526. The second kappa shape index (κ2) is 10.00. The number of anilines is 2. The number of pyridine rings is 1. The monoisotopic (exact) mass is 425 g/mol. The number of para-hydroxylation sites is 1. The number of aromatic nitrogens is 1. The van der Waals surface area contributed by atoms with Gasteiger partial charge in [0.1, 0.15) is 11.5 Å². The molecule has 1 N–H and O–H groups in total. The first-order valence-electron chi connectivity index (χ1n) is 10.5. The average Bonchev–Trinajstić information content (AvgIpc) is 2.74. The van der Waals surface area contributed by atoms with Gasteiger partial charge in [-0.2, -0.15) is 0 Å². The zero-order valence-electron chi connectivity index (χ0n) is 18.7. The first-order valence-corrected chi connectivity index (χ1v) is 10.5. The molecule has 0 saturated carbocycles. The maximum Gasteiger partial charge on any atom is 0.293 e. The van der Waals surface area contributed by atoms with Gasteiger partial charge in [0.05, 0.1) is 17.8 Å². The fourth-order valence-corrected chi connectivity index (χ4v) is 3.18. The number of piperazine rings is 1. The van der Waals surface area contributed by atoms with Gasteiger partial charge in [0.15, 0.2) is 0 Å². The summed E-state index contributed by atoms with van der Waals surface area (Å²) in [5.74, 6) is -0.156. The van der Waals surface area contributed by atoms with Gasteiger partial charge in [-0.1, -0.05) is 24.3 Å². The molecule has 1 saturated heterocycles. The number of carbonyl (C=O) groups is 2. The number of hydrogen-bond donors (Lipinski definition) is 1. The van der Waals surface area contributed by atoms with E-state index in [-0.39, 0.29) is 18.1 Å². The Hall–Kier alpha value is -2.81. The molecular weight excluding hydrogens is 394 g/mol. The van der Waals surface area contributed by atoms with E-state index in [0.717, 1.165) is 26.2 Å². The first kappa shape index (κ1) is 22.9. The Morgan fingerprint density at radius 2 is 1.71 bits per heavy atom. The topological polar surface area (TPSA) is 78.0 Å². The Morgan fingerprint density at radius 1 is 1.03 bits per heavy atom. The molecule has 1 aliphatic rings. The molecule has 1 aliphatic heterocycles. The lowest BCUT2D eigenvalue weighted by Crippen LogP contribution is -2.48. The lowest BCUT2D eigenvalue weighted by Gasteiger charge is -2.33. The van der Waals surface area contributed by atoms with Gasteiger partial charge in [-0.3, -0.25) is 24.2 Å². The van der Waals surface area contributed by atoms with E-state index in [1.165, 1.54) is 0 Å². The molecule has 2 amide bonds. The third-order valence-electron chi connectivity index (χ3n) is 4.86. The number of hydrogen-bond acceptors (Lipinski definition) is 6. The van der Waals surface area contributed by atoms with Crippen molar-refractivity contribution in [3.63, 3.8) is 0 Å². The fraction of sp³-hybridized carbons (Fsp3) is 0.435. The Bertz CT molecular complexity index is 890. The van der Waals surface area contributed by atoms with Crippen LogP contribution in [0.5, 0.6) is 0 Å². The molecule has 31 heavy (non-hydrogen) atoms. The van der Waals surface area contributed by atoms with E-state index in [0.29, 0.717) is 11.5 Å². The highest BCUT2D eigenvalue weighted by atomic mass is 16.7. The van der Waals surface area contributed by atoms with Crippen LogP contribution in [0.4, 0.5) is 11.5 Å². The third kappa shape index (κ3) is 6.58. The summed E-state index contributed by atoms with van der Waals surface area (Å²) in [7, 11) is 2.08. The van der Waals surface area contributed by atoms with E-state index >= 15 is 0 Å². The van der Waals surface area contributed by atoms with Gasteiger partial charge in [0.2, 0.25) is 5.91 Å². The fourth-order valence-electron chi connectivity index (χ4n) is 3.18. The van der Waals surface area contributed by atoms with Crippen LogP contribution in [-0.4, -0.2) is 72.0 Å². The largest absolute Gasteiger partial charge is 0.304 e. The Morgan fingerprint density at radius 3 is 2.35 bits per heavy atom. The SMILES string of the molecule is CN1CCN(CC(=O)N(c2ccccc2)c2cccc(C(=O)NOC(C)(C)C)n2)CC1. The second-order valence-electron chi connectivity index (χ2n) is 8.67. The number of nitrogens with one attached hydrogen (secondary N) is 1. The molecule has 0 spiro atoms. The van der Waals surface area contributed by atoms with Gasteiger partial charge >= 0.3 is 0 Å². The molecule has 8 nitrogen and oxygen atoms in total. The number of hydroxylamine groups is 1. The average molecular weight is 426 g/mol. The lowest BCUT2D eigenvalue weighted by atomic mass is 10.2. The van der Waals surface area contributed by atoms with Crippen molar-refractivity contribution in [3.8, 4) is 0 Å². The Balaban J connectivity index is 1.83. The van der Waals surface area contributed by atoms with Crippen LogP contribution in [0.2, 0.25) is 0 Å². The van der Waals surface area contributed by atoms with Gasteiger partial charge in [0, 0.05) is 26.2 Å². The standard InChI is InChI=1S/C23H31N5O3/c1-23(2,3)31-25-22(30)19-11-8-12-20(24-19)28(18-9-6-5-7-10-18)21(29)17-27-15-13-26(4)14-16-27/h5-12H,13-17H2,1-4H3,(H,25,30). The van der Waals surface area contributed by atoms with E-state index in [9.17, 15) is 9.59 Å². The smallest absolute Gasteiger partial charge is 0.293 e. The number of likely N-dealkylation sites (N-methyl/N-ethyl adjacent to an activating group) is 1. The van der Waals surface area contributed by atoms with E-state index in [1.807, 2.05) is 51.1 Å². The van der Waals surface area contributed by atoms with Crippen LogP contribution >= 0.6 is 0 Å². The van der Waals surface area contributed by atoms with E-state index in [2.05, 4.69) is 27.3 Å². The number of rotatable bonds is 6. The predicted octanol–water partition coefficient (Wildman–Crippen LogP) is 2.45. The molecule has 2 heterocycles. The van der Waals surface area contributed by atoms with Gasteiger partial charge in [0.25, 0.3) is 5.91 Å². The normalized spacial score (nSPS) is 15.5. The Kier molecular flexibility index (Phi) is 7.37. The molecule has 0 unspecified atom stereocenters. The molecule has 0 aliphatic carbocycles. The summed E-state index contributed by atoms with van der Waals surface area (Å²) in [6.45, 7) is 9.34. The maximum atomic E-state index is 13.3. The third-order valence-corrected chi connectivity index (χ3v) is 4.86. The molecule has 1 fully saturated rings. The van der Waals surface area contributed by atoms with Gasteiger partial charge in [-0.25, -0.2) is 10.5 Å². The van der Waals surface area contributed by atoms with Crippen LogP contribution in [0.25, 0.3) is 0 Å². The number of nitrogens with zero attached hydrogens (tertiary/aromatic N) is 4. The molecule has 1 aromatic heterocycles. The summed E-state index contributed by atoms with van der Waals surface area (Å²) in [5.41, 5.74) is 2.78. The second-order valence-corrected chi connectivity index (χ2v) is 8.67. The molecular formula is C23H31N5O3. The van der Waals surface area contributed by atoms with Crippen molar-refractivity contribution in [2.45, 2.75) is 26.4 Å². The summed E-state index contributed by atoms with van der Waals surface area (Å²) in [6, 6.07) is 14.4. The molecule has 3 rings (SSSR count). The van der Waals surface area contributed by atoms with Crippen molar-refractivity contribution < 1.29 is 14.4 Å². The molecule has 166 valence electrons. The maximum absolute atomic E-state index is 13.3. The van der Waals surface area contributed by atoms with Gasteiger partial charge in [-0.15, -0.1) is 0 Å². The van der Waals surface area contributed by atoms with Crippen molar-refractivity contribution in [3.05, 3.63) is 54.2 Å². The van der Waals surface area contributed by atoms with Crippen molar-refractivity contribution in [2.24, 2.45) is 0 Å². The van der Waals surface area contributed by atoms with Crippen LogP contribution in [-0.2, 0) is 9.63 Å². The zero-order chi connectivity index (χ0) is 22.4. The summed E-state index contributed by atoms with van der Waals surface area (Å²) in [4.78, 5) is 41.6. The predicted molar refractivity (Wildman–Crippen MR) is 120 cm³/mol. The minimum absolute atomic E-state index is 0.0910. The molecule has 1 aromatic carbocycles. The van der Waals surface area contributed by atoms with Crippen molar-refractivity contribution in [2.75, 3.05) is 44.7 Å². The van der Waals surface area contributed by atoms with Gasteiger partial charge < -0.3 is 4.90 Å². The number of benzene rings is 1.